The summed E-state index contributed by atoms with van der Waals surface area (Å²) >= 11 is 1.24. The van der Waals surface area contributed by atoms with Crippen LogP contribution in [-0.4, -0.2) is 56.9 Å². The van der Waals surface area contributed by atoms with E-state index in [1.165, 1.54) is 11.3 Å². The number of methoxy groups -OCH3 is 4. The number of ether oxygens (including phenoxy) is 4. The normalized spacial score (nSPS) is 14.9. The summed E-state index contributed by atoms with van der Waals surface area (Å²) in [7, 11) is 6.23. The predicted molar refractivity (Wildman–Crippen MR) is 151 cm³/mol. The van der Waals surface area contributed by atoms with Gasteiger partial charge in [-0.3, -0.25) is 14.2 Å². The second kappa shape index (κ2) is 11.8. The van der Waals surface area contributed by atoms with E-state index in [9.17, 15) is 9.59 Å². The Morgan fingerprint density at radius 1 is 1.00 bits per heavy atom. The molecule has 39 heavy (non-hydrogen) atoms. The molecule has 0 spiro atoms. The van der Waals surface area contributed by atoms with E-state index in [1.807, 2.05) is 45.0 Å². The third-order valence-electron chi connectivity index (χ3n) is 6.76. The molecule has 1 amide bonds. The monoisotopic (exact) mass is 551 g/mol. The minimum atomic E-state index is -0.715. The van der Waals surface area contributed by atoms with Crippen molar-refractivity contribution in [2.24, 2.45) is 4.99 Å². The number of hydrogen-bond donors (Lipinski definition) is 0. The topological polar surface area (TPSA) is 91.6 Å². The van der Waals surface area contributed by atoms with Crippen molar-refractivity contribution in [3.8, 4) is 23.0 Å². The zero-order chi connectivity index (χ0) is 28.3. The molecule has 1 aromatic heterocycles. The fourth-order valence-corrected chi connectivity index (χ4v) is 5.80. The average molecular weight is 552 g/mol. The Bertz CT molecular complexity index is 1570. The Balaban J connectivity index is 2.03. The lowest BCUT2D eigenvalue weighted by Gasteiger charge is -2.29. The zero-order valence-corrected chi connectivity index (χ0v) is 24.0. The number of allylic oxidation sites excluding steroid dienone is 1. The molecule has 0 radical (unpaired) electrons. The van der Waals surface area contributed by atoms with E-state index in [1.54, 1.807) is 56.1 Å². The maximum atomic E-state index is 14.1. The molecule has 0 bridgehead atoms. The van der Waals surface area contributed by atoms with Gasteiger partial charge in [-0.05, 0) is 32.9 Å². The summed E-state index contributed by atoms with van der Waals surface area (Å²) in [5.41, 5.74) is 2.02. The fourth-order valence-electron chi connectivity index (χ4n) is 4.77. The highest BCUT2D eigenvalue weighted by Gasteiger charge is 2.35. The van der Waals surface area contributed by atoms with E-state index in [0.717, 1.165) is 0 Å². The van der Waals surface area contributed by atoms with Gasteiger partial charge in [0.25, 0.3) is 11.5 Å². The second-order valence-corrected chi connectivity index (χ2v) is 9.76. The van der Waals surface area contributed by atoms with Gasteiger partial charge in [0.05, 0.1) is 49.8 Å². The summed E-state index contributed by atoms with van der Waals surface area (Å²) in [4.78, 5) is 34.9. The molecule has 4 rings (SSSR count). The minimum absolute atomic E-state index is 0.162. The first-order valence-electron chi connectivity index (χ1n) is 12.6. The molecule has 3 aromatic rings. The largest absolute Gasteiger partial charge is 0.496 e. The minimum Gasteiger partial charge on any atom is -0.496 e. The number of nitrogens with zero attached hydrogens (tertiary/aromatic N) is 3. The molecule has 10 heteroatoms. The highest BCUT2D eigenvalue weighted by atomic mass is 32.1. The van der Waals surface area contributed by atoms with E-state index >= 15 is 0 Å². The molecule has 0 fully saturated rings. The van der Waals surface area contributed by atoms with Crippen molar-refractivity contribution < 1.29 is 23.7 Å². The SMILES string of the molecule is CCN(CC)C(=O)C1=C(C)N=c2s/c(=C/c3c(OC)cc(OC)cc3OC)c(=O)n2[C@H]1c1ccccc1OC. The summed E-state index contributed by atoms with van der Waals surface area (Å²) in [6, 6.07) is 10.2. The second-order valence-electron chi connectivity index (χ2n) is 8.75. The fraction of sp³-hybridized carbons (Fsp3) is 0.345. The molecule has 0 saturated heterocycles. The molecule has 1 atom stereocenters. The van der Waals surface area contributed by atoms with Gasteiger partial charge in [0.15, 0.2) is 4.80 Å². The van der Waals surface area contributed by atoms with Gasteiger partial charge in [0, 0.05) is 30.8 Å². The quantitative estimate of drug-likeness (QED) is 0.406. The van der Waals surface area contributed by atoms with E-state index in [0.29, 0.717) is 67.8 Å². The lowest BCUT2D eigenvalue weighted by atomic mass is 9.94. The van der Waals surface area contributed by atoms with Crippen LogP contribution >= 0.6 is 11.3 Å². The molecule has 0 aliphatic carbocycles. The lowest BCUT2D eigenvalue weighted by Crippen LogP contribution is -2.43. The van der Waals surface area contributed by atoms with Crippen LogP contribution in [0.5, 0.6) is 23.0 Å². The summed E-state index contributed by atoms with van der Waals surface area (Å²) in [6.45, 7) is 6.74. The van der Waals surface area contributed by atoms with Crippen molar-refractivity contribution in [1.29, 1.82) is 0 Å². The van der Waals surface area contributed by atoms with Gasteiger partial charge in [-0.1, -0.05) is 29.5 Å². The van der Waals surface area contributed by atoms with Gasteiger partial charge in [-0.25, -0.2) is 4.99 Å². The smallest absolute Gasteiger partial charge is 0.271 e. The number of carbonyl (C=O) groups excluding carboxylic acids is 1. The van der Waals surface area contributed by atoms with Gasteiger partial charge in [0.1, 0.15) is 29.0 Å². The zero-order valence-electron chi connectivity index (χ0n) is 23.2. The molecule has 2 aromatic carbocycles. The molecule has 0 unspecified atom stereocenters. The van der Waals surface area contributed by atoms with Crippen LogP contribution in [0, 0.1) is 0 Å². The van der Waals surface area contributed by atoms with Gasteiger partial charge in [-0.15, -0.1) is 0 Å². The highest BCUT2D eigenvalue weighted by Crippen LogP contribution is 2.37. The maximum absolute atomic E-state index is 14.1. The van der Waals surface area contributed by atoms with Gasteiger partial charge in [-0.2, -0.15) is 0 Å². The van der Waals surface area contributed by atoms with E-state index < -0.39 is 6.04 Å². The van der Waals surface area contributed by atoms with Crippen LogP contribution in [0.15, 0.2) is 57.5 Å². The molecule has 0 N–H and O–H groups in total. The molecule has 206 valence electrons. The van der Waals surface area contributed by atoms with Crippen LogP contribution in [-0.2, 0) is 4.79 Å². The standard InChI is InChI=1S/C29H33N3O6S/c1-8-31(9-2)28(34)25-17(3)30-29-32(26(25)19-12-10-11-13-21(19)36-5)27(33)24(39-29)16-20-22(37-6)14-18(35-4)15-23(20)38-7/h10-16,26H,8-9H2,1-7H3/b24-16+/t26-/m0/s1. The number of para-hydroxylation sites is 1. The average Bonchev–Trinajstić information content (AvgIpc) is 3.26. The number of rotatable bonds is 9. The number of aromatic nitrogens is 1. The van der Waals surface area contributed by atoms with Crippen LogP contribution in [0.1, 0.15) is 37.9 Å². The lowest BCUT2D eigenvalue weighted by molar-refractivity contribution is -0.127. The van der Waals surface area contributed by atoms with Crippen LogP contribution in [0.4, 0.5) is 0 Å². The third kappa shape index (κ3) is 5.04. The van der Waals surface area contributed by atoms with E-state index in [4.69, 9.17) is 23.9 Å². The predicted octanol–water partition coefficient (Wildman–Crippen LogP) is 3.14. The number of thiazole rings is 1. The van der Waals surface area contributed by atoms with Crippen molar-refractivity contribution in [2.75, 3.05) is 41.5 Å². The molecular formula is C29H33N3O6S. The molecular weight excluding hydrogens is 518 g/mol. The third-order valence-corrected chi connectivity index (χ3v) is 7.75. The van der Waals surface area contributed by atoms with E-state index in [2.05, 4.69) is 0 Å². The summed E-state index contributed by atoms with van der Waals surface area (Å²) in [6.07, 6.45) is 1.73. The van der Waals surface area contributed by atoms with Crippen molar-refractivity contribution in [1.82, 2.24) is 9.47 Å². The Morgan fingerprint density at radius 3 is 2.18 bits per heavy atom. The molecule has 1 aliphatic rings. The first-order chi connectivity index (χ1) is 18.8. The van der Waals surface area contributed by atoms with Crippen molar-refractivity contribution in [2.45, 2.75) is 26.8 Å². The van der Waals surface area contributed by atoms with Gasteiger partial charge < -0.3 is 23.8 Å². The first-order valence-corrected chi connectivity index (χ1v) is 13.4. The molecule has 1 aliphatic heterocycles. The van der Waals surface area contributed by atoms with Crippen LogP contribution in [0.2, 0.25) is 0 Å². The number of hydrogen-bond acceptors (Lipinski definition) is 8. The Hall–Kier alpha value is -4.05. The molecule has 2 heterocycles. The van der Waals surface area contributed by atoms with Crippen molar-refractivity contribution >= 4 is 23.3 Å². The highest BCUT2D eigenvalue weighted by molar-refractivity contribution is 7.07. The number of likely N-dealkylation sites (N-methyl/N-ethyl adjacent to an activating group) is 1. The molecule has 9 nitrogen and oxygen atoms in total. The maximum Gasteiger partial charge on any atom is 0.271 e. The van der Waals surface area contributed by atoms with Crippen molar-refractivity contribution in [3.05, 3.63) is 78.5 Å². The Labute approximate surface area is 231 Å². The first kappa shape index (κ1) is 28.0. The number of amides is 1. The van der Waals surface area contributed by atoms with Crippen molar-refractivity contribution in [3.63, 3.8) is 0 Å². The summed E-state index contributed by atoms with van der Waals surface area (Å²) < 4.78 is 24.2. The Morgan fingerprint density at radius 2 is 1.62 bits per heavy atom. The number of fused-ring (bicyclic) bond motifs is 1. The number of carbonyl (C=O) groups is 1. The van der Waals surface area contributed by atoms with Crippen LogP contribution < -0.4 is 33.8 Å². The Kier molecular flexibility index (Phi) is 8.44. The van der Waals surface area contributed by atoms with Crippen LogP contribution in [0.3, 0.4) is 0 Å². The van der Waals surface area contributed by atoms with Gasteiger partial charge in [0.2, 0.25) is 0 Å². The number of benzene rings is 2. The summed E-state index contributed by atoms with van der Waals surface area (Å²) in [5.74, 6) is 1.97. The van der Waals surface area contributed by atoms with Gasteiger partial charge >= 0.3 is 0 Å². The summed E-state index contributed by atoms with van der Waals surface area (Å²) in [5, 5.41) is 0. The van der Waals surface area contributed by atoms with E-state index in [-0.39, 0.29) is 11.5 Å². The molecule has 0 saturated carbocycles. The van der Waals surface area contributed by atoms with Crippen LogP contribution in [0.25, 0.3) is 6.08 Å².